The van der Waals surface area contributed by atoms with E-state index in [0.717, 1.165) is 35.0 Å². The highest BCUT2D eigenvalue weighted by atomic mass is 32.2. The highest BCUT2D eigenvalue weighted by Crippen LogP contribution is 2.43. The molecule has 0 radical (unpaired) electrons. The zero-order valence-electron chi connectivity index (χ0n) is 23.5. The van der Waals surface area contributed by atoms with E-state index in [-0.39, 0.29) is 27.0 Å². The lowest BCUT2D eigenvalue weighted by Gasteiger charge is -2.18. The van der Waals surface area contributed by atoms with Crippen LogP contribution in [0.2, 0.25) is 0 Å². The van der Waals surface area contributed by atoms with Crippen molar-refractivity contribution in [2.45, 2.75) is 51.9 Å². The van der Waals surface area contributed by atoms with Crippen LogP contribution >= 0.6 is 11.3 Å². The molecule has 216 valence electrons. The van der Waals surface area contributed by atoms with Gasteiger partial charge in [0.1, 0.15) is 11.6 Å². The third-order valence-corrected chi connectivity index (χ3v) is 8.77. The minimum atomic E-state index is -4.21. The Bertz CT molecular complexity index is 1680. The van der Waals surface area contributed by atoms with Crippen LogP contribution < -0.4 is 9.46 Å². The van der Waals surface area contributed by atoms with Gasteiger partial charge < -0.3 is 4.74 Å². The molecule has 0 saturated carbocycles. The first kappa shape index (κ1) is 30.1. The molecule has 0 atom stereocenters. The normalized spacial score (nSPS) is 12.0. The van der Waals surface area contributed by atoms with Gasteiger partial charge in [0.25, 0.3) is 15.7 Å². The molecule has 1 N–H and O–H groups in total. The summed E-state index contributed by atoms with van der Waals surface area (Å²) in [6.45, 7) is 10.8. The summed E-state index contributed by atoms with van der Waals surface area (Å²) in [6.07, 6.45) is 0.774. The molecule has 0 amide bonds. The predicted molar refractivity (Wildman–Crippen MR) is 161 cm³/mol. The number of hydrogen-bond acceptors (Lipinski definition) is 7. The van der Waals surface area contributed by atoms with E-state index in [1.807, 2.05) is 38.1 Å². The smallest absolute Gasteiger partial charge is 0.270 e. The Morgan fingerprint density at radius 2 is 1.80 bits per heavy atom. The van der Waals surface area contributed by atoms with Crippen molar-refractivity contribution < 1.29 is 22.5 Å². The number of benzene rings is 3. The molecule has 0 spiro atoms. The van der Waals surface area contributed by atoms with Crippen molar-refractivity contribution in [3.63, 3.8) is 0 Å². The maximum absolute atomic E-state index is 14.9. The van der Waals surface area contributed by atoms with Crippen LogP contribution in [0.1, 0.15) is 52.5 Å². The maximum atomic E-state index is 14.9. The molecule has 0 aliphatic heterocycles. The third-order valence-electron chi connectivity index (χ3n) is 6.28. The molecule has 1 heterocycles. The molecular weight excluding hydrogens is 565 g/mol. The molecule has 0 bridgehead atoms. The highest BCUT2D eigenvalue weighted by molar-refractivity contribution is 7.93. The summed E-state index contributed by atoms with van der Waals surface area (Å²) in [7, 11) is -4.21. The average Bonchev–Trinajstić information content (AvgIpc) is 3.30. The Morgan fingerprint density at radius 1 is 1.07 bits per heavy atom. The second-order valence-electron chi connectivity index (χ2n) is 11.1. The maximum Gasteiger partial charge on any atom is 0.270 e. The number of aromatic nitrogens is 1. The number of hydrogen-bond donors (Lipinski definition) is 1. The minimum absolute atomic E-state index is 0.0412. The summed E-state index contributed by atoms with van der Waals surface area (Å²) in [5.41, 5.74) is 2.45. The number of thiazole rings is 1. The SMILES string of the molecule is CC(C)c1ccccc1-c1nc(NS(=O)(=O)c2cccc([N+](=O)[O-])c2)sc1-c1cc(F)cc(OCCC(C)(C)C)c1. The van der Waals surface area contributed by atoms with Gasteiger partial charge in [-0.15, -0.1) is 0 Å². The lowest BCUT2D eigenvalue weighted by atomic mass is 9.93. The second-order valence-corrected chi connectivity index (χ2v) is 13.8. The number of halogens is 1. The first-order valence-corrected chi connectivity index (χ1v) is 15.3. The van der Waals surface area contributed by atoms with Gasteiger partial charge in [0, 0.05) is 29.3 Å². The molecule has 4 aromatic rings. The van der Waals surface area contributed by atoms with Crippen LogP contribution in [-0.4, -0.2) is 24.9 Å². The molecule has 11 heteroatoms. The van der Waals surface area contributed by atoms with Crippen molar-refractivity contribution in [3.8, 4) is 27.4 Å². The van der Waals surface area contributed by atoms with Crippen LogP contribution in [0.5, 0.6) is 5.75 Å². The number of nitro groups is 1. The number of nitrogens with one attached hydrogen (secondary N) is 1. The van der Waals surface area contributed by atoms with E-state index >= 15 is 0 Å². The van der Waals surface area contributed by atoms with Crippen molar-refractivity contribution in [2.75, 3.05) is 11.3 Å². The fraction of sp³-hybridized carbons (Fsp3) is 0.300. The van der Waals surface area contributed by atoms with Gasteiger partial charge in [0.15, 0.2) is 5.13 Å². The Labute approximate surface area is 243 Å². The third kappa shape index (κ3) is 7.47. The first-order chi connectivity index (χ1) is 19.2. The molecule has 4 rings (SSSR count). The standard InChI is InChI=1S/C30H32FN3O5S2/c1-19(2)25-11-6-7-12-26(25)27-28(20-15-21(31)17-23(16-20)39-14-13-30(3,4)5)40-29(32-27)33-41(37,38)24-10-8-9-22(18-24)34(35)36/h6-12,15-19H,13-14H2,1-5H3,(H,32,33). The number of anilines is 1. The van der Waals surface area contributed by atoms with Crippen LogP contribution in [0.25, 0.3) is 21.7 Å². The summed E-state index contributed by atoms with van der Waals surface area (Å²) >= 11 is 1.05. The Kier molecular flexibility index (Phi) is 8.79. The van der Waals surface area contributed by atoms with E-state index in [9.17, 15) is 22.9 Å². The van der Waals surface area contributed by atoms with Gasteiger partial charge >= 0.3 is 0 Å². The molecule has 41 heavy (non-hydrogen) atoms. The Morgan fingerprint density at radius 3 is 2.49 bits per heavy atom. The lowest BCUT2D eigenvalue weighted by molar-refractivity contribution is -0.385. The Hall–Kier alpha value is -3.83. The monoisotopic (exact) mass is 597 g/mol. The van der Waals surface area contributed by atoms with Crippen molar-refractivity contribution >= 4 is 32.2 Å². The topological polar surface area (TPSA) is 111 Å². The molecular formula is C30H32FN3O5S2. The van der Waals surface area contributed by atoms with E-state index in [1.54, 1.807) is 6.07 Å². The van der Waals surface area contributed by atoms with Crippen molar-refractivity contribution in [1.29, 1.82) is 0 Å². The number of sulfonamides is 1. The van der Waals surface area contributed by atoms with Crippen molar-refractivity contribution in [2.24, 2.45) is 5.41 Å². The fourth-order valence-corrected chi connectivity index (χ4v) is 6.39. The fourth-order valence-electron chi connectivity index (χ4n) is 4.15. The van der Waals surface area contributed by atoms with E-state index < -0.39 is 20.8 Å². The predicted octanol–water partition coefficient (Wildman–Crippen LogP) is 8.26. The molecule has 0 unspecified atom stereocenters. The van der Waals surface area contributed by atoms with Crippen LogP contribution in [-0.2, 0) is 10.0 Å². The lowest BCUT2D eigenvalue weighted by Crippen LogP contribution is -2.13. The van der Waals surface area contributed by atoms with Gasteiger partial charge in [-0.25, -0.2) is 17.8 Å². The summed E-state index contributed by atoms with van der Waals surface area (Å²) < 4.78 is 49.6. The van der Waals surface area contributed by atoms with Gasteiger partial charge in [-0.05, 0) is 41.5 Å². The molecule has 0 aliphatic rings. The van der Waals surface area contributed by atoms with Gasteiger partial charge in [-0.2, -0.15) is 0 Å². The van der Waals surface area contributed by atoms with E-state index in [4.69, 9.17) is 4.74 Å². The van der Waals surface area contributed by atoms with Crippen LogP contribution in [0, 0.1) is 21.3 Å². The van der Waals surface area contributed by atoms with Crippen molar-refractivity contribution in [1.82, 2.24) is 4.98 Å². The van der Waals surface area contributed by atoms with Crippen LogP contribution in [0.15, 0.2) is 71.6 Å². The summed E-state index contributed by atoms with van der Waals surface area (Å²) in [5, 5.41) is 11.2. The zero-order valence-corrected chi connectivity index (χ0v) is 25.1. The molecule has 0 aliphatic carbocycles. The molecule has 0 saturated heterocycles. The number of non-ortho nitro benzene ring substituents is 1. The number of rotatable bonds is 10. The highest BCUT2D eigenvalue weighted by Gasteiger charge is 2.24. The van der Waals surface area contributed by atoms with E-state index in [1.165, 1.54) is 30.3 Å². The first-order valence-electron chi connectivity index (χ1n) is 13.0. The molecule has 8 nitrogen and oxygen atoms in total. The average molecular weight is 598 g/mol. The van der Waals surface area contributed by atoms with E-state index in [2.05, 4.69) is 30.5 Å². The summed E-state index contributed by atoms with van der Waals surface area (Å²) in [5.74, 6) is -0.00230. The summed E-state index contributed by atoms with van der Waals surface area (Å²) in [6, 6.07) is 16.8. The zero-order chi connectivity index (χ0) is 29.9. The van der Waals surface area contributed by atoms with Gasteiger partial charge in [0.05, 0.1) is 27.0 Å². The van der Waals surface area contributed by atoms with Crippen LogP contribution in [0.3, 0.4) is 0 Å². The number of nitrogens with zero attached hydrogens (tertiary/aromatic N) is 2. The van der Waals surface area contributed by atoms with Gasteiger partial charge in [-0.1, -0.05) is 76.3 Å². The van der Waals surface area contributed by atoms with Crippen LogP contribution in [0.4, 0.5) is 15.2 Å². The van der Waals surface area contributed by atoms with Crippen molar-refractivity contribution in [3.05, 3.63) is 88.2 Å². The van der Waals surface area contributed by atoms with Gasteiger partial charge in [0.2, 0.25) is 0 Å². The minimum Gasteiger partial charge on any atom is -0.493 e. The molecule has 0 fully saturated rings. The Balaban J connectivity index is 1.80. The second kappa shape index (κ2) is 12.0. The largest absolute Gasteiger partial charge is 0.493 e. The summed E-state index contributed by atoms with van der Waals surface area (Å²) in [4.78, 5) is 15.5. The molecule has 1 aromatic heterocycles. The van der Waals surface area contributed by atoms with E-state index in [0.29, 0.717) is 28.5 Å². The molecule has 3 aromatic carbocycles. The number of ether oxygens (including phenoxy) is 1. The number of nitro benzene ring substituents is 1. The quantitative estimate of drug-likeness (QED) is 0.145. The van der Waals surface area contributed by atoms with Gasteiger partial charge in [-0.3, -0.25) is 14.8 Å².